The number of rotatable bonds is 4. The van der Waals surface area contributed by atoms with E-state index in [9.17, 15) is 14.0 Å². The summed E-state index contributed by atoms with van der Waals surface area (Å²) in [6.45, 7) is 4.35. The molecule has 7 heteroatoms. The number of carbonyl (C=O) groups excluding carboxylic acids is 2. The van der Waals surface area contributed by atoms with Gasteiger partial charge in [-0.25, -0.2) is 4.39 Å². The Bertz CT molecular complexity index is 898. The maximum atomic E-state index is 13.3. The molecular weight excluding hydrogens is 381 g/mol. The van der Waals surface area contributed by atoms with E-state index in [0.29, 0.717) is 0 Å². The van der Waals surface area contributed by atoms with Crippen molar-refractivity contribution in [2.24, 2.45) is 0 Å². The molecule has 1 aliphatic rings. The van der Waals surface area contributed by atoms with E-state index < -0.39 is 11.9 Å². The number of nitrogens with zero attached hydrogens (tertiary/aromatic N) is 1. The van der Waals surface area contributed by atoms with Gasteiger partial charge in [-0.2, -0.15) is 0 Å². The van der Waals surface area contributed by atoms with Crippen LogP contribution in [0.3, 0.4) is 0 Å². The van der Waals surface area contributed by atoms with E-state index in [1.54, 1.807) is 18.2 Å². The second-order valence-electron chi connectivity index (χ2n) is 6.72. The third-order valence-corrected chi connectivity index (χ3v) is 5.58. The molecule has 0 N–H and O–H groups in total. The van der Waals surface area contributed by atoms with Gasteiger partial charge in [-0.05, 0) is 61.3 Å². The second kappa shape index (κ2) is 8.75. The van der Waals surface area contributed by atoms with E-state index in [-0.39, 0.29) is 17.3 Å². The third kappa shape index (κ3) is 4.91. The first kappa shape index (κ1) is 20.4. The first-order valence-corrected chi connectivity index (χ1v) is 9.82. The van der Waals surface area contributed by atoms with Crippen LogP contribution in [0.1, 0.15) is 25.0 Å². The topological polar surface area (TPSA) is 55.8 Å². The normalized spacial score (nSPS) is 14.1. The predicted molar refractivity (Wildman–Crippen MR) is 104 cm³/mol. The van der Waals surface area contributed by atoms with Gasteiger partial charge in [0.2, 0.25) is 0 Å². The van der Waals surface area contributed by atoms with E-state index >= 15 is 0 Å². The van der Waals surface area contributed by atoms with Crippen LogP contribution < -0.4 is 9.47 Å². The van der Waals surface area contributed by atoms with Crippen LogP contribution in [-0.2, 0) is 22.4 Å². The summed E-state index contributed by atoms with van der Waals surface area (Å²) in [5, 5.41) is 0. The lowest BCUT2D eigenvalue weighted by Gasteiger charge is -2.19. The zero-order valence-corrected chi connectivity index (χ0v) is 16.9. The molecule has 5 nitrogen and oxygen atoms in total. The van der Waals surface area contributed by atoms with Crippen LogP contribution in [0.5, 0.6) is 11.5 Å². The number of hydrogen-bond acceptors (Lipinski definition) is 6. The molecule has 1 aliphatic heterocycles. The lowest BCUT2D eigenvalue weighted by Crippen LogP contribution is -2.20. The molecule has 0 fully saturated rings. The highest BCUT2D eigenvalue weighted by molar-refractivity contribution is 7.99. The Morgan fingerprint density at radius 3 is 2.32 bits per heavy atom. The molecule has 0 radical (unpaired) electrons. The number of halogens is 1. The highest BCUT2D eigenvalue weighted by atomic mass is 32.2. The zero-order valence-electron chi connectivity index (χ0n) is 16.1. The summed E-state index contributed by atoms with van der Waals surface area (Å²) in [5.41, 5.74) is 2.12. The Morgan fingerprint density at radius 1 is 1.04 bits per heavy atom. The van der Waals surface area contributed by atoms with Gasteiger partial charge < -0.3 is 14.4 Å². The summed E-state index contributed by atoms with van der Waals surface area (Å²) in [6.07, 6.45) is 1.56. The van der Waals surface area contributed by atoms with Crippen LogP contribution in [0.25, 0.3) is 0 Å². The number of carbonyl (C=O) groups is 2. The summed E-state index contributed by atoms with van der Waals surface area (Å²) in [7, 11) is 2.05. The Balaban J connectivity index is 2.16. The van der Waals surface area contributed by atoms with E-state index in [2.05, 4.69) is 11.9 Å². The molecular formula is C21H22FNO4S. The van der Waals surface area contributed by atoms with Crippen LogP contribution in [0.4, 0.5) is 4.39 Å². The average Bonchev–Trinajstić information content (AvgIpc) is 2.80. The van der Waals surface area contributed by atoms with Gasteiger partial charge in [0.15, 0.2) is 11.5 Å². The van der Waals surface area contributed by atoms with Crippen LogP contribution >= 0.6 is 11.8 Å². The molecule has 0 spiro atoms. The zero-order chi connectivity index (χ0) is 20.3. The number of hydrogen-bond donors (Lipinski definition) is 0. The van der Waals surface area contributed by atoms with Crippen molar-refractivity contribution in [3.05, 3.63) is 47.3 Å². The molecule has 0 bridgehead atoms. The predicted octanol–water partition coefficient (Wildman–Crippen LogP) is 3.86. The van der Waals surface area contributed by atoms with Gasteiger partial charge in [-0.3, -0.25) is 9.59 Å². The van der Waals surface area contributed by atoms with Crippen molar-refractivity contribution in [1.82, 2.24) is 4.90 Å². The molecule has 0 aromatic heterocycles. The van der Waals surface area contributed by atoms with Crippen molar-refractivity contribution in [3.8, 4) is 11.5 Å². The monoisotopic (exact) mass is 403 g/mol. The minimum absolute atomic E-state index is 0.232. The summed E-state index contributed by atoms with van der Waals surface area (Å²) >= 11 is 1.38. The smallest absolute Gasteiger partial charge is 0.308 e. The van der Waals surface area contributed by atoms with Gasteiger partial charge in [0.05, 0.1) is 4.90 Å². The Labute approximate surface area is 167 Å². The van der Waals surface area contributed by atoms with Crippen molar-refractivity contribution in [2.45, 2.75) is 36.5 Å². The van der Waals surface area contributed by atoms with Crippen LogP contribution in [-0.4, -0.2) is 37.0 Å². The van der Waals surface area contributed by atoms with Gasteiger partial charge >= 0.3 is 11.9 Å². The van der Waals surface area contributed by atoms with Crippen molar-refractivity contribution in [3.63, 3.8) is 0 Å². The Morgan fingerprint density at radius 2 is 1.68 bits per heavy atom. The molecule has 148 valence electrons. The number of likely N-dealkylation sites (N-methyl/N-ethyl adjacent to an activating group) is 1. The fraction of sp³-hybridized carbons (Fsp3) is 0.333. The molecule has 1 heterocycles. The molecule has 28 heavy (non-hydrogen) atoms. The van der Waals surface area contributed by atoms with E-state index in [1.807, 2.05) is 0 Å². The van der Waals surface area contributed by atoms with Gasteiger partial charge in [-0.1, -0.05) is 11.8 Å². The fourth-order valence-electron chi connectivity index (χ4n) is 3.13. The average molecular weight is 403 g/mol. The summed E-state index contributed by atoms with van der Waals surface area (Å²) < 4.78 is 24.2. The van der Waals surface area contributed by atoms with E-state index in [0.717, 1.165) is 46.8 Å². The molecule has 0 aliphatic carbocycles. The van der Waals surface area contributed by atoms with Gasteiger partial charge in [0.1, 0.15) is 5.82 Å². The van der Waals surface area contributed by atoms with Crippen molar-refractivity contribution in [1.29, 1.82) is 0 Å². The van der Waals surface area contributed by atoms with Crippen LogP contribution in [0.15, 0.2) is 40.1 Å². The van der Waals surface area contributed by atoms with Gasteiger partial charge in [-0.15, -0.1) is 0 Å². The molecule has 0 saturated heterocycles. The standard InChI is InChI=1S/C21H22FNO4S/c1-13(24)26-19-12-15-8-10-23(3)11-9-18(15)21(20(19)27-14(2)25)28-17-6-4-16(22)5-7-17/h4-7,12H,8-11H2,1-3H3. The quantitative estimate of drug-likeness (QED) is 0.571. The highest BCUT2D eigenvalue weighted by Gasteiger charge is 2.25. The SMILES string of the molecule is CC(=O)Oc1cc2c(c(Sc3ccc(F)cc3)c1OC(C)=O)CCN(C)CC2. The highest BCUT2D eigenvalue weighted by Crippen LogP contribution is 2.46. The largest absolute Gasteiger partial charge is 0.423 e. The maximum absolute atomic E-state index is 13.3. The molecule has 2 aromatic carbocycles. The van der Waals surface area contributed by atoms with Gasteiger partial charge in [0, 0.05) is 31.8 Å². The number of ether oxygens (including phenoxy) is 2. The first-order valence-electron chi connectivity index (χ1n) is 9.01. The molecule has 3 rings (SSSR count). The summed E-state index contributed by atoms with van der Waals surface area (Å²) in [4.78, 5) is 27.1. The second-order valence-corrected chi connectivity index (χ2v) is 7.80. The Kier molecular flexibility index (Phi) is 6.36. The van der Waals surface area contributed by atoms with E-state index in [4.69, 9.17) is 9.47 Å². The van der Waals surface area contributed by atoms with E-state index in [1.165, 1.54) is 37.7 Å². The molecule has 0 amide bonds. The van der Waals surface area contributed by atoms with Crippen molar-refractivity contribution >= 4 is 23.7 Å². The van der Waals surface area contributed by atoms with Gasteiger partial charge in [0.25, 0.3) is 0 Å². The fourth-order valence-corrected chi connectivity index (χ4v) is 4.23. The minimum Gasteiger partial charge on any atom is -0.423 e. The lowest BCUT2D eigenvalue weighted by molar-refractivity contribution is -0.134. The molecule has 2 aromatic rings. The third-order valence-electron chi connectivity index (χ3n) is 4.44. The maximum Gasteiger partial charge on any atom is 0.308 e. The minimum atomic E-state index is -0.500. The first-order chi connectivity index (χ1) is 13.3. The summed E-state index contributed by atoms with van der Waals surface area (Å²) in [5.74, 6) is -0.841. The van der Waals surface area contributed by atoms with Crippen molar-refractivity contribution in [2.75, 3.05) is 20.1 Å². The lowest BCUT2D eigenvalue weighted by atomic mass is 10.0. The Hall–Kier alpha value is -2.38. The molecule has 0 unspecified atom stereocenters. The number of esters is 2. The van der Waals surface area contributed by atoms with Crippen LogP contribution in [0.2, 0.25) is 0 Å². The number of fused-ring (bicyclic) bond motifs is 1. The van der Waals surface area contributed by atoms with Crippen LogP contribution in [0, 0.1) is 5.82 Å². The summed E-state index contributed by atoms with van der Waals surface area (Å²) in [6, 6.07) is 7.91. The van der Waals surface area contributed by atoms with Crippen molar-refractivity contribution < 1.29 is 23.5 Å². The number of benzene rings is 2. The molecule has 0 saturated carbocycles. The molecule has 0 atom stereocenters.